The first-order chi connectivity index (χ1) is 15.0. The van der Waals surface area contributed by atoms with E-state index in [1.807, 2.05) is 18.3 Å². The van der Waals surface area contributed by atoms with Gasteiger partial charge in [0.05, 0.1) is 11.9 Å². The van der Waals surface area contributed by atoms with Crippen molar-refractivity contribution in [3.63, 3.8) is 0 Å². The Labute approximate surface area is 196 Å². The summed E-state index contributed by atoms with van der Waals surface area (Å²) in [5.41, 5.74) is 2.38. The Bertz CT molecular complexity index is 857. The maximum Gasteiger partial charge on any atom is 0.170 e. The van der Waals surface area contributed by atoms with Gasteiger partial charge < -0.3 is 20.4 Å². The summed E-state index contributed by atoms with van der Waals surface area (Å²) in [6, 6.07) is 12.5. The number of hydrogen-bond donors (Lipinski definition) is 2. The van der Waals surface area contributed by atoms with Crippen LogP contribution >= 0.6 is 23.8 Å². The number of halogens is 1. The Morgan fingerprint density at radius 3 is 2.39 bits per heavy atom. The fourth-order valence-electron chi connectivity index (χ4n) is 4.71. The van der Waals surface area contributed by atoms with E-state index in [1.54, 1.807) is 0 Å². The summed E-state index contributed by atoms with van der Waals surface area (Å²) in [4.78, 5) is 9.32. The van der Waals surface area contributed by atoms with E-state index in [4.69, 9.17) is 23.8 Å². The number of piperazine rings is 1. The summed E-state index contributed by atoms with van der Waals surface area (Å²) in [6.45, 7) is 5.01. The van der Waals surface area contributed by atoms with Crippen molar-refractivity contribution in [1.29, 1.82) is 0 Å². The molecule has 31 heavy (non-hydrogen) atoms. The Balaban J connectivity index is 1.34. The fourth-order valence-corrected chi connectivity index (χ4v) is 5.02. The molecule has 0 amide bonds. The zero-order chi connectivity index (χ0) is 21.7. The number of thiocarbonyl (C=S) groups is 1. The molecule has 4 rings (SSSR count). The second-order valence-corrected chi connectivity index (χ2v) is 9.70. The molecule has 1 aliphatic heterocycles. The second-order valence-electron chi connectivity index (χ2n) is 8.85. The molecule has 1 saturated carbocycles. The van der Waals surface area contributed by atoms with Crippen molar-refractivity contribution < 1.29 is 0 Å². The standard InChI is InChI=1S/C24H32ClN5S/c1-29-13-15-30(16-14-29)22-10-9-21(17-26-22)28-23(31)27-18-24(11-3-2-4-12-24)19-5-7-20(25)8-6-19/h5-10,17H,2-4,11-16,18H2,1H3,(H2,27,28,31). The van der Waals surface area contributed by atoms with E-state index in [0.717, 1.165) is 49.3 Å². The molecule has 1 aromatic carbocycles. The van der Waals surface area contributed by atoms with E-state index >= 15 is 0 Å². The Kier molecular flexibility index (Phi) is 7.31. The van der Waals surface area contributed by atoms with E-state index in [0.29, 0.717) is 5.11 Å². The van der Waals surface area contributed by atoms with Gasteiger partial charge >= 0.3 is 0 Å². The number of benzene rings is 1. The van der Waals surface area contributed by atoms with Gasteiger partial charge in [-0.25, -0.2) is 4.98 Å². The van der Waals surface area contributed by atoms with Crippen LogP contribution in [0.4, 0.5) is 11.5 Å². The number of nitrogens with one attached hydrogen (secondary N) is 2. The van der Waals surface area contributed by atoms with Crippen molar-refractivity contribution in [2.24, 2.45) is 0 Å². The summed E-state index contributed by atoms with van der Waals surface area (Å²) in [5, 5.41) is 8.22. The van der Waals surface area contributed by atoms with Gasteiger partial charge in [0.15, 0.2) is 5.11 Å². The van der Waals surface area contributed by atoms with Gasteiger partial charge in [0.2, 0.25) is 0 Å². The third-order valence-corrected chi connectivity index (χ3v) is 7.19. The Morgan fingerprint density at radius 1 is 1.03 bits per heavy atom. The minimum atomic E-state index is 0.109. The first-order valence-electron chi connectivity index (χ1n) is 11.2. The molecule has 2 N–H and O–H groups in total. The lowest BCUT2D eigenvalue weighted by Crippen LogP contribution is -2.44. The van der Waals surface area contributed by atoms with Crippen LogP contribution in [0.5, 0.6) is 0 Å². The average Bonchev–Trinajstić information content (AvgIpc) is 2.80. The molecule has 0 radical (unpaired) electrons. The molecular weight excluding hydrogens is 426 g/mol. The molecule has 1 aromatic heterocycles. The maximum atomic E-state index is 6.12. The monoisotopic (exact) mass is 457 g/mol. The molecule has 1 aliphatic carbocycles. The van der Waals surface area contributed by atoms with E-state index in [2.05, 4.69) is 56.7 Å². The van der Waals surface area contributed by atoms with E-state index < -0.39 is 0 Å². The van der Waals surface area contributed by atoms with Gasteiger partial charge in [0, 0.05) is 43.2 Å². The van der Waals surface area contributed by atoms with Crippen molar-refractivity contribution in [2.75, 3.05) is 50.0 Å². The van der Waals surface area contributed by atoms with Crippen LogP contribution in [0, 0.1) is 0 Å². The predicted octanol–water partition coefficient (Wildman–Crippen LogP) is 4.68. The lowest BCUT2D eigenvalue weighted by atomic mass is 9.69. The average molecular weight is 458 g/mol. The maximum absolute atomic E-state index is 6.12. The summed E-state index contributed by atoms with van der Waals surface area (Å²) in [6.07, 6.45) is 8.03. The van der Waals surface area contributed by atoms with Crippen LogP contribution in [0.1, 0.15) is 37.7 Å². The molecule has 1 saturated heterocycles. The third kappa shape index (κ3) is 5.68. The molecule has 0 unspecified atom stereocenters. The lowest BCUT2D eigenvalue weighted by molar-refractivity contribution is 0.292. The van der Waals surface area contributed by atoms with Crippen molar-refractivity contribution in [1.82, 2.24) is 15.2 Å². The highest BCUT2D eigenvalue weighted by Gasteiger charge is 2.33. The molecule has 0 spiro atoms. The molecule has 5 nitrogen and oxygen atoms in total. The second kappa shape index (κ2) is 10.2. The molecule has 2 fully saturated rings. The topological polar surface area (TPSA) is 43.4 Å². The normalized spacial score (nSPS) is 19.1. The highest BCUT2D eigenvalue weighted by molar-refractivity contribution is 7.80. The van der Waals surface area contributed by atoms with E-state index in [9.17, 15) is 0 Å². The number of anilines is 2. The van der Waals surface area contributed by atoms with Crippen LogP contribution in [0.15, 0.2) is 42.6 Å². The summed E-state index contributed by atoms with van der Waals surface area (Å²) in [7, 11) is 2.16. The number of aromatic nitrogens is 1. The van der Waals surface area contributed by atoms with Gasteiger partial charge in [-0.05, 0) is 61.9 Å². The molecule has 166 valence electrons. The van der Waals surface area contributed by atoms with Gasteiger partial charge in [-0.1, -0.05) is 43.0 Å². The zero-order valence-corrected chi connectivity index (χ0v) is 19.8. The predicted molar refractivity (Wildman–Crippen MR) is 134 cm³/mol. The van der Waals surface area contributed by atoms with Crippen LogP contribution in [0.25, 0.3) is 0 Å². The number of likely N-dealkylation sites (N-methyl/N-ethyl adjacent to an activating group) is 1. The Hall–Kier alpha value is -1.89. The third-order valence-electron chi connectivity index (χ3n) is 6.69. The minimum Gasteiger partial charge on any atom is -0.362 e. The van der Waals surface area contributed by atoms with Gasteiger partial charge in [0.1, 0.15) is 5.82 Å². The van der Waals surface area contributed by atoms with Crippen LogP contribution in [-0.2, 0) is 5.41 Å². The molecule has 7 heteroatoms. The van der Waals surface area contributed by atoms with Crippen molar-refractivity contribution in [3.8, 4) is 0 Å². The highest BCUT2D eigenvalue weighted by Crippen LogP contribution is 2.39. The summed E-state index contributed by atoms with van der Waals surface area (Å²) < 4.78 is 0. The van der Waals surface area contributed by atoms with Gasteiger partial charge in [-0.2, -0.15) is 0 Å². The van der Waals surface area contributed by atoms with Crippen molar-refractivity contribution >= 4 is 40.4 Å². The van der Waals surface area contributed by atoms with Crippen LogP contribution in [-0.4, -0.2) is 54.8 Å². The van der Waals surface area contributed by atoms with Crippen LogP contribution < -0.4 is 15.5 Å². The molecular formula is C24H32ClN5S. The summed E-state index contributed by atoms with van der Waals surface area (Å²) >= 11 is 11.7. The molecule has 2 aliphatic rings. The van der Waals surface area contributed by atoms with Gasteiger partial charge in [-0.15, -0.1) is 0 Å². The summed E-state index contributed by atoms with van der Waals surface area (Å²) in [5.74, 6) is 1.03. The smallest absolute Gasteiger partial charge is 0.170 e. The SMILES string of the molecule is CN1CCN(c2ccc(NC(=S)NCC3(c4ccc(Cl)cc4)CCCCC3)cn2)CC1. The molecule has 0 atom stereocenters. The minimum absolute atomic E-state index is 0.109. The number of pyridine rings is 1. The number of hydrogen-bond acceptors (Lipinski definition) is 4. The first-order valence-corrected chi connectivity index (χ1v) is 12.0. The van der Waals surface area contributed by atoms with Crippen molar-refractivity contribution in [2.45, 2.75) is 37.5 Å². The fraction of sp³-hybridized carbons (Fsp3) is 0.500. The van der Waals surface area contributed by atoms with Crippen molar-refractivity contribution in [3.05, 3.63) is 53.2 Å². The number of rotatable bonds is 5. The van der Waals surface area contributed by atoms with E-state index in [1.165, 1.54) is 37.7 Å². The molecule has 2 heterocycles. The van der Waals surface area contributed by atoms with Gasteiger partial charge in [-0.3, -0.25) is 0 Å². The van der Waals surface area contributed by atoms with Crippen LogP contribution in [0.2, 0.25) is 5.02 Å². The molecule has 2 aromatic rings. The first kappa shape index (κ1) is 22.3. The largest absolute Gasteiger partial charge is 0.362 e. The quantitative estimate of drug-likeness (QED) is 0.636. The van der Waals surface area contributed by atoms with E-state index in [-0.39, 0.29) is 5.41 Å². The number of nitrogens with zero attached hydrogens (tertiary/aromatic N) is 3. The lowest BCUT2D eigenvalue weighted by Gasteiger charge is -2.38. The Morgan fingerprint density at radius 2 is 1.74 bits per heavy atom. The highest BCUT2D eigenvalue weighted by atomic mass is 35.5. The van der Waals surface area contributed by atoms with Crippen LogP contribution in [0.3, 0.4) is 0 Å². The molecule has 0 bridgehead atoms. The van der Waals surface area contributed by atoms with Gasteiger partial charge in [0.25, 0.3) is 0 Å². The zero-order valence-electron chi connectivity index (χ0n) is 18.2.